The fraction of sp³-hybridized carbons (Fsp3) is 0.381. The van der Waals surface area contributed by atoms with Crippen molar-refractivity contribution in [3.05, 3.63) is 52.8 Å². The van der Waals surface area contributed by atoms with E-state index in [4.69, 9.17) is 16.3 Å². The molecule has 2 aromatic rings. The zero-order chi connectivity index (χ0) is 22.6. The number of rotatable bonds is 7. The first-order valence-electron chi connectivity index (χ1n) is 10.0. The average Bonchev–Trinajstić information content (AvgIpc) is 2.75. The van der Waals surface area contributed by atoms with Gasteiger partial charge in [0.2, 0.25) is 10.0 Å². The van der Waals surface area contributed by atoms with Gasteiger partial charge in [0.05, 0.1) is 23.9 Å². The van der Waals surface area contributed by atoms with Crippen molar-refractivity contribution in [1.29, 1.82) is 0 Å². The summed E-state index contributed by atoms with van der Waals surface area (Å²) in [5.74, 6) is -1.02. The molecule has 0 spiro atoms. The summed E-state index contributed by atoms with van der Waals surface area (Å²) in [4.78, 5) is 14.4. The van der Waals surface area contributed by atoms with Crippen LogP contribution in [0.4, 0.5) is 15.8 Å². The molecule has 0 bridgehead atoms. The van der Waals surface area contributed by atoms with Crippen LogP contribution in [-0.2, 0) is 14.8 Å². The van der Waals surface area contributed by atoms with Gasteiger partial charge in [0.25, 0.3) is 5.91 Å². The Balaban J connectivity index is 1.82. The molecule has 1 aliphatic rings. The minimum absolute atomic E-state index is 0.0318. The number of carbonyl (C=O) groups is 1. The van der Waals surface area contributed by atoms with Crippen LogP contribution < -0.4 is 10.2 Å². The Labute approximate surface area is 186 Å². The molecule has 0 saturated carbocycles. The Morgan fingerprint density at radius 3 is 2.45 bits per heavy atom. The number of nitrogens with one attached hydrogen (secondary N) is 1. The van der Waals surface area contributed by atoms with Crippen molar-refractivity contribution in [1.82, 2.24) is 4.31 Å². The predicted molar refractivity (Wildman–Crippen MR) is 119 cm³/mol. The van der Waals surface area contributed by atoms with Crippen LogP contribution in [0.25, 0.3) is 0 Å². The number of nitrogens with zero attached hydrogens (tertiary/aromatic N) is 2. The van der Waals surface area contributed by atoms with Crippen molar-refractivity contribution >= 4 is 38.9 Å². The lowest BCUT2D eigenvalue weighted by molar-refractivity contribution is 0.102. The van der Waals surface area contributed by atoms with Crippen LogP contribution in [0.3, 0.4) is 0 Å². The molecule has 1 N–H and O–H groups in total. The monoisotopic (exact) mass is 469 g/mol. The van der Waals surface area contributed by atoms with Gasteiger partial charge in [-0.05, 0) is 36.4 Å². The highest BCUT2D eigenvalue weighted by atomic mass is 35.5. The van der Waals surface area contributed by atoms with Gasteiger partial charge in [-0.2, -0.15) is 4.31 Å². The molecule has 0 unspecified atom stereocenters. The molecule has 168 valence electrons. The molecule has 1 heterocycles. The third-order valence-electron chi connectivity index (χ3n) is 5.07. The van der Waals surface area contributed by atoms with E-state index >= 15 is 0 Å². The number of anilines is 2. The van der Waals surface area contributed by atoms with Crippen molar-refractivity contribution < 1.29 is 22.3 Å². The van der Waals surface area contributed by atoms with Gasteiger partial charge in [-0.25, -0.2) is 12.8 Å². The zero-order valence-electron chi connectivity index (χ0n) is 17.4. The largest absolute Gasteiger partial charge is 0.378 e. The summed E-state index contributed by atoms with van der Waals surface area (Å²) in [5, 5.41) is 2.64. The first kappa shape index (κ1) is 23.5. The van der Waals surface area contributed by atoms with E-state index in [2.05, 4.69) is 5.32 Å². The zero-order valence-corrected chi connectivity index (χ0v) is 19.0. The molecule has 1 fully saturated rings. The molecular formula is C21H25ClFN3O4S. The molecule has 1 saturated heterocycles. The maximum atomic E-state index is 14.6. The molecule has 31 heavy (non-hydrogen) atoms. The van der Waals surface area contributed by atoms with Crippen molar-refractivity contribution in [2.75, 3.05) is 49.6 Å². The van der Waals surface area contributed by atoms with Gasteiger partial charge in [-0.3, -0.25) is 4.79 Å². The van der Waals surface area contributed by atoms with E-state index in [1.807, 2.05) is 4.90 Å². The van der Waals surface area contributed by atoms with E-state index in [0.29, 0.717) is 32.0 Å². The summed E-state index contributed by atoms with van der Waals surface area (Å²) < 4.78 is 46.8. The van der Waals surface area contributed by atoms with Gasteiger partial charge < -0.3 is 15.0 Å². The number of halogens is 2. The third-order valence-corrected chi connectivity index (χ3v) is 7.61. The molecule has 1 aliphatic heterocycles. The van der Waals surface area contributed by atoms with E-state index < -0.39 is 21.7 Å². The Morgan fingerprint density at radius 2 is 1.84 bits per heavy atom. The highest BCUT2D eigenvalue weighted by Crippen LogP contribution is 2.27. The maximum Gasteiger partial charge on any atom is 0.255 e. The van der Waals surface area contributed by atoms with Crippen LogP contribution in [0.1, 0.15) is 24.2 Å². The molecule has 0 aromatic heterocycles. The summed E-state index contributed by atoms with van der Waals surface area (Å²) in [6.45, 7) is 6.26. The van der Waals surface area contributed by atoms with E-state index in [9.17, 15) is 17.6 Å². The fourth-order valence-electron chi connectivity index (χ4n) is 3.39. The average molecular weight is 470 g/mol. The molecule has 3 rings (SSSR count). The van der Waals surface area contributed by atoms with Gasteiger partial charge in [0.1, 0.15) is 10.7 Å². The maximum absolute atomic E-state index is 14.6. The number of benzene rings is 2. The summed E-state index contributed by atoms with van der Waals surface area (Å²) in [5.41, 5.74) is 0.816. The van der Waals surface area contributed by atoms with Crippen LogP contribution in [0.15, 0.2) is 41.3 Å². The summed E-state index contributed by atoms with van der Waals surface area (Å²) in [7, 11) is -3.84. The fourth-order valence-corrected chi connectivity index (χ4v) is 5.35. The Bertz CT molecular complexity index is 1050. The molecule has 1 amide bonds. The Hall–Kier alpha value is -2.20. The second-order valence-electron chi connectivity index (χ2n) is 6.95. The van der Waals surface area contributed by atoms with Crippen LogP contribution in [0, 0.1) is 5.82 Å². The summed E-state index contributed by atoms with van der Waals surface area (Å²) in [6, 6.07) is 8.49. The lowest BCUT2D eigenvalue weighted by Gasteiger charge is -2.29. The quantitative estimate of drug-likeness (QED) is 0.670. The number of morpholine rings is 1. The number of amides is 1. The van der Waals surface area contributed by atoms with Crippen molar-refractivity contribution in [3.63, 3.8) is 0 Å². The van der Waals surface area contributed by atoms with E-state index in [1.165, 1.54) is 28.6 Å². The number of sulfonamides is 1. The first-order valence-corrected chi connectivity index (χ1v) is 11.8. The lowest BCUT2D eigenvalue weighted by atomic mass is 10.2. The molecule has 10 heteroatoms. The second-order valence-corrected chi connectivity index (χ2v) is 9.27. The molecule has 7 nitrogen and oxygen atoms in total. The van der Waals surface area contributed by atoms with Crippen molar-refractivity contribution in [3.8, 4) is 0 Å². The molecule has 0 aliphatic carbocycles. The van der Waals surface area contributed by atoms with Crippen molar-refractivity contribution in [2.45, 2.75) is 18.7 Å². The van der Waals surface area contributed by atoms with Gasteiger partial charge in [-0.1, -0.05) is 25.4 Å². The first-order chi connectivity index (χ1) is 14.8. The van der Waals surface area contributed by atoms with Crippen LogP contribution in [0.2, 0.25) is 5.02 Å². The predicted octanol–water partition coefficient (Wildman–Crippen LogP) is 3.60. The topological polar surface area (TPSA) is 79.0 Å². The third kappa shape index (κ3) is 5.17. The molecule has 2 aromatic carbocycles. The standard InChI is InChI=1S/C21H25ClFN3O4S/c1-3-26(4-2)31(28,29)20-13-15(5-7-17(20)22)21(27)24-16-6-8-19(18(23)14-16)25-9-11-30-12-10-25/h5-8,13-14H,3-4,9-12H2,1-2H3,(H,24,27). The highest BCUT2D eigenvalue weighted by molar-refractivity contribution is 7.89. The minimum Gasteiger partial charge on any atom is -0.378 e. The second kappa shape index (κ2) is 9.95. The number of ether oxygens (including phenoxy) is 1. The number of hydrogen-bond donors (Lipinski definition) is 1. The molecule has 0 radical (unpaired) electrons. The van der Waals surface area contributed by atoms with Crippen LogP contribution in [0.5, 0.6) is 0 Å². The van der Waals surface area contributed by atoms with Crippen LogP contribution in [-0.4, -0.2) is 58.0 Å². The Morgan fingerprint density at radius 1 is 1.16 bits per heavy atom. The van der Waals surface area contributed by atoms with Gasteiger partial charge in [0, 0.05) is 37.4 Å². The molecule has 0 atom stereocenters. The minimum atomic E-state index is -3.84. The summed E-state index contributed by atoms with van der Waals surface area (Å²) in [6.07, 6.45) is 0. The number of hydrogen-bond acceptors (Lipinski definition) is 5. The van der Waals surface area contributed by atoms with Gasteiger partial charge in [-0.15, -0.1) is 0 Å². The normalized spacial score (nSPS) is 14.7. The van der Waals surface area contributed by atoms with E-state index in [1.54, 1.807) is 26.0 Å². The highest BCUT2D eigenvalue weighted by Gasteiger charge is 2.25. The summed E-state index contributed by atoms with van der Waals surface area (Å²) >= 11 is 6.11. The van der Waals surface area contributed by atoms with E-state index in [0.717, 1.165) is 0 Å². The molecular weight excluding hydrogens is 445 g/mol. The van der Waals surface area contributed by atoms with Gasteiger partial charge in [0.15, 0.2) is 0 Å². The van der Waals surface area contributed by atoms with Gasteiger partial charge >= 0.3 is 0 Å². The Kier molecular flexibility index (Phi) is 7.53. The van der Waals surface area contributed by atoms with E-state index in [-0.39, 0.29) is 34.3 Å². The number of carbonyl (C=O) groups excluding carboxylic acids is 1. The lowest BCUT2D eigenvalue weighted by Crippen LogP contribution is -2.36. The van der Waals surface area contributed by atoms with Crippen molar-refractivity contribution in [2.24, 2.45) is 0 Å². The smallest absolute Gasteiger partial charge is 0.255 e. The van der Waals surface area contributed by atoms with Crippen LogP contribution >= 0.6 is 11.6 Å². The SMILES string of the molecule is CCN(CC)S(=O)(=O)c1cc(C(=O)Nc2ccc(N3CCOCC3)c(F)c2)ccc1Cl.